The molecule has 0 radical (unpaired) electrons. The molecular weight excluding hydrogens is 271 g/mol. The molecule has 0 aliphatic carbocycles. The van der Waals surface area contributed by atoms with Crippen molar-refractivity contribution >= 4 is 6.03 Å². The second-order valence-electron chi connectivity index (χ2n) is 6.72. The summed E-state index contributed by atoms with van der Waals surface area (Å²) in [6, 6.07) is 6.04. The van der Waals surface area contributed by atoms with Crippen LogP contribution >= 0.6 is 0 Å². The first-order chi connectivity index (χ1) is 9.51. The van der Waals surface area contributed by atoms with E-state index in [4.69, 9.17) is 0 Å². The zero-order valence-corrected chi connectivity index (χ0v) is 13.4. The number of benzene rings is 1. The third-order valence-electron chi connectivity index (χ3n) is 3.28. The van der Waals surface area contributed by atoms with Crippen molar-refractivity contribution in [3.8, 4) is 0 Å². The van der Waals surface area contributed by atoms with Crippen molar-refractivity contribution in [3.05, 3.63) is 35.6 Å². The van der Waals surface area contributed by atoms with Crippen LogP contribution in [0.1, 0.15) is 33.3 Å². The molecule has 0 saturated carbocycles. The van der Waals surface area contributed by atoms with Gasteiger partial charge in [0.1, 0.15) is 5.82 Å². The van der Waals surface area contributed by atoms with Crippen molar-refractivity contribution in [2.45, 2.75) is 38.7 Å². The molecule has 0 unspecified atom stereocenters. The fourth-order valence-corrected chi connectivity index (χ4v) is 2.09. The summed E-state index contributed by atoms with van der Waals surface area (Å²) in [4.78, 5) is 13.4. The number of hydrogen-bond donors (Lipinski definition) is 2. The molecule has 4 nitrogen and oxygen atoms in total. The molecule has 0 fully saturated rings. The molecule has 0 aliphatic heterocycles. The molecule has 5 heteroatoms. The first-order valence-electron chi connectivity index (χ1n) is 6.99. The molecule has 0 aromatic heterocycles. The fourth-order valence-electron chi connectivity index (χ4n) is 2.09. The SMILES string of the molecule is CN(CC(C)(C)O)C(=O)NCC(C)(C)c1ccc(F)cc1. The van der Waals surface area contributed by atoms with Gasteiger partial charge in [-0.05, 0) is 31.5 Å². The van der Waals surface area contributed by atoms with Crippen LogP contribution in [-0.4, -0.2) is 41.8 Å². The summed E-state index contributed by atoms with van der Waals surface area (Å²) in [7, 11) is 1.64. The molecule has 1 rings (SSSR count). The molecule has 0 atom stereocenters. The van der Waals surface area contributed by atoms with Gasteiger partial charge in [-0.15, -0.1) is 0 Å². The predicted octanol–water partition coefficient (Wildman–Crippen LogP) is 2.52. The van der Waals surface area contributed by atoms with Gasteiger partial charge < -0.3 is 15.3 Å². The van der Waals surface area contributed by atoms with Crippen molar-refractivity contribution < 1.29 is 14.3 Å². The number of urea groups is 1. The lowest BCUT2D eigenvalue weighted by molar-refractivity contribution is 0.0530. The van der Waals surface area contributed by atoms with E-state index < -0.39 is 5.60 Å². The summed E-state index contributed by atoms with van der Waals surface area (Å²) in [5, 5.41) is 12.6. The number of hydrogen-bond acceptors (Lipinski definition) is 2. The lowest BCUT2D eigenvalue weighted by Gasteiger charge is -2.29. The minimum atomic E-state index is -0.932. The van der Waals surface area contributed by atoms with Crippen molar-refractivity contribution in [2.75, 3.05) is 20.1 Å². The molecule has 21 heavy (non-hydrogen) atoms. The molecule has 1 aromatic carbocycles. The van der Waals surface area contributed by atoms with E-state index in [1.165, 1.54) is 17.0 Å². The highest BCUT2D eigenvalue weighted by molar-refractivity contribution is 5.74. The van der Waals surface area contributed by atoms with E-state index in [9.17, 15) is 14.3 Å². The van der Waals surface area contributed by atoms with Gasteiger partial charge in [-0.3, -0.25) is 0 Å². The number of carbonyl (C=O) groups is 1. The molecule has 0 bridgehead atoms. The molecule has 2 amide bonds. The number of carbonyl (C=O) groups excluding carboxylic acids is 1. The summed E-state index contributed by atoms with van der Waals surface area (Å²) in [5.41, 5.74) is -0.286. The van der Waals surface area contributed by atoms with E-state index in [2.05, 4.69) is 5.32 Å². The number of halogens is 1. The van der Waals surface area contributed by atoms with Gasteiger partial charge in [-0.1, -0.05) is 26.0 Å². The van der Waals surface area contributed by atoms with Gasteiger partial charge >= 0.3 is 6.03 Å². The van der Waals surface area contributed by atoms with Crippen LogP contribution in [0.25, 0.3) is 0 Å². The Hall–Kier alpha value is -1.62. The Bertz CT molecular complexity index is 478. The molecule has 0 saturated heterocycles. The average molecular weight is 296 g/mol. The van der Waals surface area contributed by atoms with E-state index in [1.807, 2.05) is 13.8 Å². The average Bonchev–Trinajstić information content (AvgIpc) is 2.34. The zero-order chi connectivity index (χ0) is 16.3. The number of nitrogens with one attached hydrogen (secondary N) is 1. The molecular formula is C16H25FN2O2. The van der Waals surface area contributed by atoms with Crippen molar-refractivity contribution in [1.82, 2.24) is 10.2 Å². The Labute approximate surface area is 126 Å². The topological polar surface area (TPSA) is 52.6 Å². The molecule has 1 aromatic rings. The van der Waals surface area contributed by atoms with Gasteiger partial charge in [0.2, 0.25) is 0 Å². The smallest absolute Gasteiger partial charge is 0.317 e. The van der Waals surface area contributed by atoms with Gasteiger partial charge in [0.25, 0.3) is 0 Å². The van der Waals surface area contributed by atoms with Crippen LogP contribution in [0, 0.1) is 5.82 Å². The molecule has 0 aliphatic rings. The van der Waals surface area contributed by atoms with Gasteiger partial charge in [0, 0.05) is 19.0 Å². The largest absolute Gasteiger partial charge is 0.389 e. The van der Waals surface area contributed by atoms with Crippen LogP contribution in [0.4, 0.5) is 9.18 Å². The summed E-state index contributed by atoms with van der Waals surface area (Å²) < 4.78 is 13.0. The Morgan fingerprint density at radius 3 is 2.24 bits per heavy atom. The van der Waals surface area contributed by atoms with Crippen LogP contribution in [-0.2, 0) is 5.41 Å². The quantitative estimate of drug-likeness (QED) is 0.877. The standard InChI is InChI=1S/C16H25FN2O2/c1-15(2,12-6-8-13(17)9-7-12)10-18-14(20)19(5)11-16(3,4)21/h6-9,21H,10-11H2,1-5H3,(H,18,20). The van der Waals surface area contributed by atoms with E-state index >= 15 is 0 Å². The Morgan fingerprint density at radius 2 is 1.76 bits per heavy atom. The zero-order valence-electron chi connectivity index (χ0n) is 13.4. The minimum Gasteiger partial charge on any atom is -0.389 e. The number of likely N-dealkylation sites (N-methyl/N-ethyl adjacent to an activating group) is 1. The van der Waals surface area contributed by atoms with Crippen LogP contribution in [0.2, 0.25) is 0 Å². The number of aliphatic hydroxyl groups is 1. The third kappa shape index (κ3) is 5.71. The second kappa shape index (κ2) is 6.43. The molecule has 118 valence electrons. The maximum absolute atomic E-state index is 13.0. The Balaban J connectivity index is 2.60. The summed E-state index contributed by atoms with van der Waals surface area (Å²) in [5.74, 6) is -0.275. The highest BCUT2D eigenvalue weighted by atomic mass is 19.1. The van der Waals surface area contributed by atoms with Crippen LogP contribution in [0.15, 0.2) is 24.3 Å². The van der Waals surface area contributed by atoms with Crippen molar-refractivity contribution in [1.29, 1.82) is 0 Å². The fraction of sp³-hybridized carbons (Fsp3) is 0.562. The number of amides is 2. The highest BCUT2D eigenvalue weighted by Gasteiger charge is 2.24. The maximum atomic E-state index is 13.0. The molecule has 0 spiro atoms. The lowest BCUT2D eigenvalue weighted by Crippen LogP contribution is -2.47. The summed E-state index contributed by atoms with van der Waals surface area (Å²) in [6.07, 6.45) is 0. The van der Waals surface area contributed by atoms with Crippen molar-refractivity contribution in [3.63, 3.8) is 0 Å². The lowest BCUT2D eigenvalue weighted by atomic mass is 9.84. The monoisotopic (exact) mass is 296 g/mol. The predicted molar refractivity (Wildman–Crippen MR) is 81.8 cm³/mol. The van der Waals surface area contributed by atoms with E-state index in [-0.39, 0.29) is 23.8 Å². The second-order valence-corrected chi connectivity index (χ2v) is 6.72. The summed E-state index contributed by atoms with van der Waals surface area (Å²) >= 11 is 0. The number of rotatable bonds is 5. The first-order valence-corrected chi connectivity index (χ1v) is 6.99. The van der Waals surface area contributed by atoms with Gasteiger partial charge in [0.05, 0.1) is 12.1 Å². The van der Waals surface area contributed by atoms with Gasteiger partial charge in [-0.25, -0.2) is 9.18 Å². The molecule has 2 N–H and O–H groups in total. The van der Waals surface area contributed by atoms with Gasteiger partial charge in [-0.2, -0.15) is 0 Å². The number of nitrogens with zero attached hydrogens (tertiary/aromatic N) is 1. The van der Waals surface area contributed by atoms with Crippen LogP contribution < -0.4 is 5.32 Å². The maximum Gasteiger partial charge on any atom is 0.317 e. The highest BCUT2D eigenvalue weighted by Crippen LogP contribution is 2.22. The third-order valence-corrected chi connectivity index (χ3v) is 3.28. The summed E-state index contributed by atoms with van der Waals surface area (Å²) in [6.45, 7) is 7.94. The van der Waals surface area contributed by atoms with E-state index in [1.54, 1.807) is 33.0 Å². The first kappa shape index (κ1) is 17.4. The van der Waals surface area contributed by atoms with Crippen LogP contribution in [0.5, 0.6) is 0 Å². The normalized spacial score (nSPS) is 12.1. The minimum absolute atomic E-state index is 0.243. The van der Waals surface area contributed by atoms with Crippen molar-refractivity contribution in [2.24, 2.45) is 0 Å². The van der Waals surface area contributed by atoms with E-state index in [0.717, 1.165) is 5.56 Å². The Morgan fingerprint density at radius 1 is 1.24 bits per heavy atom. The molecule has 0 heterocycles. The van der Waals surface area contributed by atoms with Crippen LogP contribution in [0.3, 0.4) is 0 Å². The van der Waals surface area contributed by atoms with E-state index in [0.29, 0.717) is 6.54 Å². The Kier molecular flexibility index (Phi) is 5.34. The van der Waals surface area contributed by atoms with Gasteiger partial charge in [0.15, 0.2) is 0 Å².